The van der Waals surface area contributed by atoms with E-state index in [4.69, 9.17) is 0 Å². The van der Waals surface area contributed by atoms with Gasteiger partial charge in [0.1, 0.15) is 5.49 Å². The molecule has 2 aromatic carbocycles. The molecule has 1 saturated heterocycles. The third-order valence-corrected chi connectivity index (χ3v) is 7.53. The molecule has 0 spiro atoms. The summed E-state index contributed by atoms with van der Waals surface area (Å²) >= 11 is 0. The molecule has 0 saturated carbocycles. The summed E-state index contributed by atoms with van der Waals surface area (Å²) in [4.78, 5) is 17.4. The Bertz CT molecular complexity index is 1270. The molecule has 0 aliphatic carbocycles. The van der Waals surface area contributed by atoms with E-state index in [1.54, 1.807) is 24.3 Å². The lowest BCUT2D eigenvalue weighted by molar-refractivity contribution is 0.0997. The molecule has 1 amide bonds. The highest BCUT2D eigenvalue weighted by Crippen LogP contribution is 2.21. The zero-order chi connectivity index (χ0) is 22.6. The van der Waals surface area contributed by atoms with E-state index in [0.717, 1.165) is 24.8 Å². The molecule has 2 heterocycles. The summed E-state index contributed by atoms with van der Waals surface area (Å²) in [5, 5.41) is 0. The van der Waals surface area contributed by atoms with Crippen molar-refractivity contribution < 1.29 is 13.2 Å². The average Bonchev–Trinajstić information content (AvgIpc) is 2.82. The molecule has 0 bridgehead atoms. The Labute approximate surface area is 188 Å². The fraction of sp³-hybridized carbons (Fsp3) is 0.280. The van der Waals surface area contributed by atoms with E-state index in [-0.39, 0.29) is 10.5 Å². The van der Waals surface area contributed by atoms with Gasteiger partial charge in [0, 0.05) is 31.4 Å². The fourth-order valence-electron chi connectivity index (χ4n) is 3.81. The number of hydrogen-bond acceptors (Lipinski definition) is 3. The van der Waals surface area contributed by atoms with Crippen LogP contribution in [0.1, 0.15) is 40.7 Å². The highest BCUT2D eigenvalue weighted by Gasteiger charge is 2.26. The molecule has 1 aromatic heterocycles. The second-order valence-electron chi connectivity index (χ2n) is 8.08. The number of sulfonamides is 1. The number of carbonyl (C=O) groups excluding carboxylic acids is 1. The van der Waals surface area contributed by atoms with E-state index in [1.165, 1.54) is 15.9 Å². The molecule has 0 unspecified atom stereocenters. The molecule has 1 fully saturated rings. The summed E-state index contributed by atoms with van der Waals surface area (Å²) in [6, 6.07) is 19.9. The number of aromatic nitrogens is 1. The van der Waals surface area contributed by atoms with Crippen molar-refractivity contribution in [2.75, 3.05) is 13.1 Å². The van der Waals surface area contributed by atoms with Crippen molar-refractivity contribution in [3.63, 3.8) is 0 Å². The molecule has 166 valence electrons. The molecule has 6 nitrogen and oxygen atoms in total. The smallest absolute Gasteiger partial charge is 0.278 e. The Hall–Kier alpha value is -3.03. The van der Waals surface area contributed by atoms with Crippen molar-refractivity contribution in [3.8, 4) is 0 Å². The maximum absolute atomic E-state index is 13.0. The number of carbonyl (C=O) groups is 1. The summed E-state index contributed by atoms with van der Waals surface area (Å²) in [5.74, 6) is -0.468. The summed E-state index contributed by atoms with van der Waals surface area (Å²) in [7, 11) is -3.61. The van der Waals surface area contributed by atoms with Crippen molar-refractivity contribution in [2.24, 2.45) is 4.99 Å². The Morgan fingerprint density at radius 3 is 2.44 bits per heavy atom. The monoisotopic (exact) mass is 449 g/mol. The number of pyridine rings is 1. The van der Waals surface area contributed by atoms with Gasteiger partial charge in [-0.3, -0.25) is 4.79 Å². The van der Waals surface area contributed by atoms with Crippen molar-refractivity contribution in [2.45, 2.75) is 37.6 Å². The number of benzene rings is 2. The van der Waals surface area contributed by atoms with Crippen molar-refractivity contribution in [1.29, 1.82) is 0 Å². The first-order chi connectivity index (χ1) is 15.4. The predicted octanol–water partition coefficient (Wildman–Crippen LogP) is 3.76. The lowest BCUT2D eigenvalue weighted by Crippen LogP contribution is -2.35. The van der Waals surface area contributed by atoms with Crippen LogP contribution in [0.3, 0.4) is 0 Å². The highest BCUT2D eigenvalue weighted by molar-refractivity contribution is 7.89. The van der Waals surface area contributed by atoms with Gasteiger partial charge >= 0.3 is 0 Å². The normalized spacial score (nSPS) is 15.6. The lowest BCUT2D eigenvalue weighted by Gasteiger charge is -2.25. The van der Waals surface area contributed by atoms with E-state index in [9.17, 15) is 13.2 Å². The van der Waals surface area contributed by atoms with Crippen LogP contribution in [0.2, 0.25) is 0 Å². The van der Waals surface area contributed by atoms with Crippen LogP contribution < -0.4 is 5.49 Å². The van der Waals surface area contributed by atoms with Gasteiger partial charge in [0.15, 0.2) is 0 Å². The quantitative estimate of drug-likeness (QED) is 0.595. The molecule has 1 aliphatic heterocycles. The summed E-state index contributed by atoms with van der Waals surface area (Å²) in [6.07, 6.45) is 4.65. The van der Waals surface area contributed by atoms with Crippen molar-refractivity contribution >= 4 is 15.9 Å². The van der Waals surface area contributed by atoms with Crippen LogP contribution in [-0.2, 0) is 16.6 Å². The molecule has 32 heavy (non-hydrogen) atoms. The van der Waals surface area contributed by atoms with Crippen LogP contribution in [0.5, 0.6) is 0 Å². The second-order valence-corrected chi connectivity index (χ2v) is 10.0. The Morgan fingerprint density at radius 2 is 1.69 bits per heavy atom. The minimum absolute atomic E-state index is 0.140. The first-order valence-electron chi connectivity index (χ1n) is 10.8. The van der Waals surface area contributed by atoms with E-state index in [2.05, 4.69) is 29.3 Å². The Morgan fingerprint density at radius 1 is 0.938 bits per heavy atom. The number of hydrogen-bond donors (Lipinski definition) is 0. The van der Waals surface area contributed by atoms with Crippen LogP contribution in [0.15, 0.2) is 82.8 Å². The SMILES string of the molecule is Cc1ccc(Cn2ccccc2=NC(=O)c2cccc(S(=O)(=O)N3CCCCC3)c2)cc1. The summed E-state index contributed by atoms with van der Waals surface area (Å²) in [6.45, 7) is 3.66. The van der Waals surface area contributed by atoms with E-state index in [1.807, 2.05) is 29.8 Å². The van der Waals surface area contributed by atoms with Gasteiger partial charge in [-0.05, 0) is 55.7 Å². The third kappa shape index (κ3) is 5.06. The number of aryl methyl sites for hydroxylation is 1. The van der Waals surface area contributed by atoms with Crippen molar-refractivity contribution in [3.05, 3.63) is 95.1 Å². The summed E-state index contributed by atoms with van der Waals surface area (Å²) in [5.41, 5.74) is 3.06. The van der Waals surface area contributed by atoms with Gasteiger partial charge in [0.05, 0.1) is 4.90 Å². The van der Waals surface area contributed by atoms with E-state index < -0.39 is 15.9 Å². The molecular weight excluding hydrogens is 422 g/mol. The van der Waals surface area contributed by atoms with Gasteiger partial charge in [0.25, 0.3) is 5.91 Å². The maximum atomic E-state index is 13.0. The molecule has 4 rings (SSSR count). The summed E-state index contributed by atoms with van der Waals surface area (Å²) < 4.78 is 29.4. The lowest BCUT2D eigenvalue weighted by atomic mass is 10.1. The minimum atomic E-state index is -3.61. The van der Waals surface area contributed by atoms with Crippen LogP contribution in [0.25, 0.3) is 0 Å². The fourth-order valence-corrected chi connectivity index (χ4v) is 5.37. The number of amides is 1. The Balaban J connectivity index is 1.62. The topological polar surface area (TPSA) is 71.7 Å². The minimum Gasteiger partial charge on any atom is -0.328 e. The number of piperidine rings is 1. The molecule has 7 heteroatoms. The third-order valence-electron chi connectivity index (χ3n) is 5.64. The average molecular weight is 450 g/mol. The molecule has 1 aliphatic rings. The molecular formula is C25H27N3O3S. The molecule has 3 aromatic rings. The molecule has 0 radical (unpaired) electrons. The van der Waals surface area contributed by atoms with Crippen LogP contribution in [0, 0.1) is 6.92 Å². The van der Waals surface area contributed by atoms with E-state index >= 15 is 0 Å². The first-order valence-corrected chi connectivity index (χ1v) is 12.3. The van der Waals surface area contributed by atoms with Gasteiger partial charge < -0.3 is 4.57 Å². The highest BCUT2D eigenvalue weighted by atomic mass is 32.2. The maximum Gasteiger partial charge on any atom is 0.278 e. The van der Waals surface area contributed by atoms with Gasteiger partial charge in [0.2, 0.25) is 10.0 Å². The van der Waals surface area contributed by atoms with Gasteiger partial charge in [-0.2, -0.15) is 9.30 Å². The van der Waals surface area contributed by atoms with E-state index in [0.29, 0.717) is 25.1 Å². The zero-order valence-corrected chi connectivity index (χ0v) is 19.0. The Kier molecular flexibility index (Phi) is 6.67. The number of nitrogens with zero attached hydrogens (tertiary/aromatic N) is 3. The first kappa shape index (κ1) is 22.2. The number of rotatable bonds is 5. The van der Waals surface area contributed by atoms with Gasteiger partial charge in [-0.15, -0.1) is 0 Å². The van der Waals surface area contributed by atoms with Crippen LogP contribution >= 0.6 is 0 Å². The van der Waals surface area contributed by atoms with Crippen LogP contribution in [-0.4, -0.2) is 36.3 Å². The standard InChI is InChI=1S/C25H27N3O3S/c1-20-11-13-21(14-12-20)19-27-15-6-3-10-24(27)26-25(29)22-8-7-9-23(18-22)32(30,31)28-16-4-2-5-17-28/h3,6-15,18H,2,4-5,16-17,19H2,1H3. The molecule has 0 N–H and O–H groups in total. The van der Waals surface area contributed by atoms with Gasteiger partial charge in [-0.1, -0.05) is 48.4 Å². The van der Waals surface area contributed by atoms with Crippen molar-refractivity contribution in [1.82, 2.24) is 8.87 Å². The zero-order valence-electron chi connectivity index (χ0n) is 18.1. The largest absolute Gasteiger partial charge is 0.328 e. The van der Waals surface area contributed by atoms with Crippen LogP contribution in [0.4, 0.5) is 0 Å². The molecule has 0 atom stereocenters. The predicted molar refractivity (Wildman–Crippen MR) is 124 cm³/mol. The second kappa shape index (κ2) is 9.63. The van der Waals surface area contributed by atoms with Gasteiger partial charge in [-0.25, -0.2) is 8.42 Å².